The molecular weight excluding hydrogens is 688 g/mol. The molecule has 0 unspecified atom stereocenters. The van der Waals surface area contributed by atoms with Crippen LogP contribution in [0.25, 0.3) is 0 Å². The molecular formula is C32H40O19. The zero-order chi connectivity index (χ0) is 36.8. The average molecular weight is 729 g/mol. The van der Waals surface area contributed by atoms with E-state index in [1.54, 1.807) is 0 Å². The molecule has 0 aliphatic carbocycles. The first kappa shape index (κ1) is 37.4. The zero-order valence-corrected chi connectivity index (χ0v) is 27.0. The summed E-state index contributed by atoms with van der Waals surface area (Å²) in [4.78, 5) is 13.1. The smallest absolute Gasteiger partial charge is 0.229 e. The fourth-order valence-electron chi connectivity index (χ4n) is 6.21. The SMILES string of the molecule is COc1cc([C@@H]2CC(=O)c3c(O)cc(O[C@H]4O[C@@H](CO)[C@@H](O)[C@H](O)[C@@H]4O[C@H]4OC[C@](O)(CO[C@H]5OC[C@](O)(CO)[C@H]5O)[C@H]4O)cc3O2)ccc1O. The summed E-state index contributed by atoms with van der Waals surface area (Å²) < 4.78 is 44.5. The van der Waals surface area contributed by atoms with E-state index in [1.807, 2.05) is 0 Å². The molecule has 0 aromatic heterocycles. The van der Waals surface area contributed by atoms with Gasteiger partial charge in [0.05, 0.1) is 46.6 Å². The molecule has 51 heavy (non-hydrogen) atoms. The van der Waals surface area contributed by atoms with Crippen LogP contribution in [-0.2, 0) is 23.7 Å². The van der Waals surface area contributed by atoms with Crippen LogP contribution in [0, 0.1) is 0 Å². The largest absolute Gasteiger partial charge is 0.507 e. The summed E-state index contributed by atoms with van der Waals surface area (Å²) in [6, 6.07) is 6.74. The molecule has 2 aromatic rings. The van der Waals surface area contributed by atoms with Crippen LogP contribution in [0.4, 0.5) is 0 Å². The van der Waals surface area contributed by atoms with Gasteiger partial charge in [0.1, 0.15) is 70.6 Å². The van der Waals surface area contributed by atoms with Gasteiger partial charge in [0, 0.05) is 12.1 Å². The number of Topliss-reactive ketones (excluding diaryl/α,β-unsaturated/α-hetero) is 1. The van der Waals surface area contributed by atoms with Crippen LogP contribution in [-0.4, -0.2) is 164 Å². The predicted molar refractivity (Wildman–Crippen MR) is 163 cm³/mol. The third kappa shape index (κ3) is 7.05. The Morgan fingerprint density at radius 2 is 1.59 bits per heavy atom. The Balaban J connectivity index is 1.18. The monoisotopic (exact) mass is 728 g/mol. The number of carbonyl (C=O) groups is 1. The zero-order valence-electron chi connectivity index (χ0n) is 27.0. The Labute approximate surface area is 289 Å². The number of hydrogen-bond acceptors (Lipinski definition) is 19. The number of aliphatic hydroxyl groups excluding tert-OH is 6. The topological polar surface area (TPSA) is 293 Å². The fraction of sp³-hybridized carbons (Fsp3) is 0.594. The molecule has 6 rings (SSSR count). The Bertz CT molecular complexity index is 1570. The van der Waals surface area contributed by atoms with Gasteiger partial charge in [-0.15, -0.1) is 0 Å². The molecule has 0 bridgehead atoms. The molecule has 282 valence electrons. The van der Waals surface area contributed by atoms with Crippen LogP contribution < -0.4 is 14.2 Å². The molecule has 0 radical (unpaired) electrons. The van der Waals surface area contributed by atoms with Gasteiger partial charge in [0.15, 0.2) is 36.0 Å². The number of aliphatic hydroxyl groups is 8. The van der Waals surface area contributed by atoms with Gasteiger partial charge in [0.2, 0.25) is 6.29 Å². The van der Waals surface area contributed by atoms with E-state index >= 15 is 0 Å². The Kier molecular flexibility index (Phi) is 10.7. The van der Waals surface area contributed by atoms with Crippen molar-refractivity contribution in [1.29, 1.82) is 0 Å². The number of carbonyl (C=O) groups excluding carboxylic acids is 1. The van der Waals surface area contributed by atoms with Crippen LogP contribution >= 0.6 is 0 Å². The van der Waals surface area contributed by atoms with Crippen molar-refractivity contribution in [1.82, 2.24) is 0 Å². The highest BCUT2D eigenvalue weighted by Crippen LogP contribution is 2.44. The summed E-state index contributed by atoms with van der Waals surface area (Å²) in [7, 11) is 1.36. The normalized spacial score (nSPS) is 37.9. The van der Waals surface area contributed by atoms with Gasteiger partial charge in [-0.2, -0.15) is 0 Å². The number of phenolic OH excluding ortho intramolecular Hbond substituents is 2. The van der Waals surface area contributed by atoms with Gasteiger partial charge in [-0.25, -0.2) is 0 Å². The Hall–Kier alpha value is -3.41. The van der Waals surface area contributed by atoms with E-state index in [0.29, 0.717) is 5.56 Å². The summed E-state index contributed by atoms with van der Waals surface area (Å²) in [5.74, 6) is -1.21. The second kappa shape index (κ2) is 14.5. The van der Waals surface area contributed by atoms with Gasteiger partial charge in [-0.1, -0.05) is 6.07 Å². The van der Waals surface area contributed by atoms with E-state index in [2.05, 4.69) is 0 Å². The molecule has 3 fully saturated rings. The predicted octanol–water partition coefficient (Wildman–Crippen LogP) is -3.08. The molecule has 0 saturated carbocycles. The van der Waals surface area contributed by atoms with Crippen molar-refractivity contribution in [3.05, 3.63) is 41.5 Å². The summed E-state index contributed by atoms with van der Waals surface area (Å²) in [5.41, 5.74) is -3.82. The van der Waals surface area contributed by atoms with Gasteiger partial charge in [-0.05, 0) is 17.7 Å². The van der Waals surface area contributed by atoms with E-state index in [4.69, 9.17) is 37.9 Å². The molecule has 10 N–H and O–H groups in total. The maximum Gasteiger partial charge on any atom is 0.229 e. The molecule has 4 aliphatic rings. The average Bonchev–Trinajstić information content (AvgIpc) is 3.56. The lowest BCUT2D eigenvalue weighted by molar-refractivity contribution is -0.319. The first-order valence-corrected chi connectivity index (χ1v) is 15.9. The number of aromatic hydroxyl groups is 2. The van der Waals surface area contributed by atoms with Gasteiger partial charge in [0.25, 0.3) is 0 Å². The Morgan fingerprint density at radius 3 is 2.27 bits per heavy atom. The molecule has 19 heteroatoms. The molecule has 0 spiro atoms. The van der Waals surface area contributed by atoms with Crippen LogP contribution in [0.2, 0.25) is 0 Å². The molecule has 19 nitrogen and oxygen atoms in total. The number of ketones is 1. The lowest BCUT2D eigenvalue weighted by Crippen LogP contribution is -2.62. The molecule has 12 atom stereocenters. The summed E-state index contributed by atoms with van der Waals surface area (Å²) in [5, 5.41) is 104. The number of benzene rings is 2. The Morgan fingerprint density at radius 1 is 0.882 bits per heavy atom. The first-order chi connectivity index (χ1) is 24.2. The van der Waals surface area contributed by atoms with Crippen LogP contribution in [0.3, 0.4) is 0 Å². The summed E-state index contributed by atoms with van der Waals surface area (Å²) >= 11 is 0. The quantitative estimate of drug-likeness (QED) is 0.110. The molecule has 4 heterocycles. The summed E-state index contributed by atoms with van der Waals surface area (Å²) in [6.45, 7) is -3.36. The van der Waals surface area contributed by atoms with E-state index in [1.165, 1.54) is 31.4 Å². The maximum absolute atomic E-state index is 13.1. The number of ether oxygens (including phenoxy) is 8. The van der Waals surface area contributed by atoms with Gasteiger partial charge in [-0.3, -0.25) is 4.79 Å². The molecule has 0 amide bonds. The molecule has 2 aromatic carbocycles. The fourth-order valence-corrected chi connectivity index (χ4v) is 6.21. The minimum absolute atomic E-state index is 0.0840. The number of fused-ring (bicyclic) bond motifs is 1. The highest BCUT2D eigenvalue weighted by Gasteiger charge is 2.55. The summed E-state index contributed by atoms with van der Waals surface area (Å²) in [6.07, 6.45) is -16.0. The van der Waals surface area contributed by atoms with Crippen LogP contribution in [0.1, 0.15) is 28.4 Å². The second-order valence-electron chi connectivity index (χ2n) is 12.8. The molecule has 4 aliphatic heterocycles. The number of hydrogen-bond donors (Lipinski definition) is 10. The lowest BCUT2D eigenvalue weighted by Gasteiger charge is -2.42. The highest BCUT2D eigenvalue weighted by molar-refractivity contribution is 6.02. The number of phenols is 2. The van der Waals surface area contributed by atoms with Crippen molar-refractivity contribution < 1.29 is 93.8 Å². The van der Waals surface area contributed by atoms with E-state index in [9.17, 15) is 55.9 Å². The third-order valence-corrected chi connectivity index (χ3v) is 9.30. The van der Waals surface area contributed by atoms with Crippen molar-refractivity contribution >= 4 is 5.78 Å². The standard InChI is InChI=1S/C32H40O19/c1-44-19-4-13(2-3-15(19)35)18-7-17(37)22-16(36)5-14(6-20(22)49-18)48-28-25(24(39)23(38)21(8-33)50-28)51-30-27(41)32(43,12-47-30)11-46-29-26(40)31(42,9-34)10-45-29/h2-6,18,21,23-30,33-36,38-43H,7-12H2,1H3/t18-,21-,23+,24-,25-,26-,27-,28-,29+,30+,31+,32+/m0/s1. The lowest BCUT2D eigenvalue weighted by atomic mass is 9.95. The first-order valence-electron chi connectivity index (χ1n) is 15.9. The van der Waals surface area contributed by atoms with Crippen molar-refractivity contribution in [3.8, 4) is 28.7 Å². The maximum atomic E-state index is 13.1. The van der Waals surface area contributed by atoms with E-state index < -0.39 is 117 Å². The third-order valence-electron chi connectivity index (χ3n) is 9.30. The van der Waals surface area contributed by atoms with Crippen LogP contribution in [0.15, 0.2) is 30.3 Å². The second-order valence-corrected chi connectivity index (χ2v) is 12.8. The van der Waals surface area contributed by atoms with E-state index in [-0.39, 0.29) is 35.0 Å². The number of rotatable bonds is 11. The van der Waals surface area contributed by atoms with Crippen molar-refractivity contribution in [2.24, 2.45) is 0 Å². The minimum atomic E-state index is -2.18. The van der Waals surface area contributed by atoms with Crippen molar-refractivity contribution in [2.45, 2.75) is 79.2 Å². The van der Waals surface area contributed by atoms with Gasteiger partial charge >= 0.3 is 0 Å². The van der Waals surface area contributed by atoms with Crippen molar-refractivity contribution in [3.63, 3.8) is 0 Å². The highest BCUT2D eigenvalue weighted by atomic mass is 16.8. The van der Waals surface area contributed by atoms with Crippen molar-refractivity contribution in [2.75, 3.05) is 40.1 Å². The van der Waals surface area contributed by atoms with E-state index in [0.717, 1.165) is 6.07 Å². The molecule has 3 saturated heterocycles. The number of methoxy groups -OCH3 is 1. The minimum Gasteiger partial charge on any atom is -0.507 e. The van der Waals surface area contributed by atoms with Gasteiger partial charge < -0.3 is 89.0 Å². The van der Waals surface area contributed by atoms with Crippen LogP contribution in [0.5, 0.6) is 28.7 Å².